The lowest BCUT2D eigenvalue weighted by molar-refractivity contribution is 0.141. The number of benzene rings is 1. The minimum Gasteiger partial charge on any atom is -0.382 e. The molecule has 19 heavy (non-hydrogen) atoms. The Morgan fingerprint density at radius 1 is 1.26 bits per heavy atom. The highest BCUT2D eigenvalue weighted by atomic mass is 35.5. The van der Waals surface area contributed by atoms with Gasteiger partial charge in [-0.25, -0.2) is 0 Å². The average molecular weight is 304 g/mol. The molecule has 0 aromatic heterocycles. The Hall–Kier alpha value is -0.280. The van der Waals surface area contributed by atoms with Crippen LogP contribution in [-0.4, -0.2) is 19.8 Å². The van der Waals surface area contributed by atoms with E-state index in [0.29, 0.717) is 0 Å². The molecule has 108 valence electrons. The van der Waals surface area contributed by atoms with E-state index in [-0.39, 0.29) is 6.04 Å². The highest BCUT2D eigenvalue weighted by Gasteiger charge is 2.14. The van der Waals surface area contributed by atoms with Crippen molar-refractivity contribution in [2.24, 2.45) is 0 Å². The Bertz CT molecular complexity index is 371. The maximum atomic E-state index is 6.28. The predicted molar refractivity (Wildman–Crippen MR) is 83.2 cm³/mol. The molecule has 0 radical (unpaired) electrons. The first-order chi connectivity index (χ1) is 9.19. The van der Waals surface area contributed by atoms with Gasteiger partial charge in [0.25, 0.3) is 0 Å². The van der Waals surface area contributed by atoms with Gasteiger partial charge >= 0.3 is 0 Å². The normalized spacial score (nSPS) is 12.6. The standard InChI is InChI=1S/C15H23Cl2NO/c1-3-9-18-15(6-5-10-19-4-2)13-11-12(16)7-8-14(13)17/h7-8,11,15,18H,3-6,9-10H2,1-2H3. The minimum absolute atomic E-state index is 0.242. The zero-order chi connectivity index (χ0) is 14.1. The monoisotopic (exact) mass is 303 g/mol. The van der Waals surface area contributed by atoms with Crippen LogP contribution in [0.5, 0.6) is 0 Å². The number of hydrogen-bond acceptors (Lipinski definition) is 2. The van der Waals surface area contributed by atoms with Crippen LogP contribution in [0.25, 0.3) is 0 Å². The highest BCUT2D eigenvalue weighted by Crippen LogP contribution is 2.29. The quantitative estimate of drug-likeness (QED) is 0.658. The summed E-state index contributed by atoms with van der Waals surface area (Å²) in [5, 5.41) is 5.03. The maximum absolute atomic E-state index is 6.28. The molecule has 0 aliphatic heterocycles. The molecule has 0 aliphatic rings. The van der Waals surface area contributed by atoms with Gasteiger partial charge in [0.15, 0.2) is 0 Å². The molecular weight excluding hydrogens is 281 g/mol. The lowest BCUT2D eigenvalue weighted by atomic mass is 10.0. The third-order valence-corrected chi connectivity index (χ3v) is 3.54. The Balaban J connectivity index is 2.68. The van der Waals surface area contributed by atoms with E-state index in [9.17, 15) is 0 Å². The van der Waals surface area contributed by atoms with Crippen LogP contribution in [0.1, 0.15) is 44.7 Å². The molecule has 1 rings (SSSR count). The van der Waals surface area contributed by atoms with Gasteiger partial charge in [0.1, 0.15) is 0 Å². The summed E-state index contributed by atoms with van der Waals surface area (Å²) in [6.07, 6.45) is 3.11. The third-order valence-electron chi connectivity index (χ3n) is 2.96. The molecular formula is C15H23Cl2NO. The van der Waals surface area contributed by atoms with Crippen LogP contribution in [0.2, 0.25) is 10.0 Å². The van der Waals surface area contributed by atoms with Crippen molar-refractivity contribution in [3.63, 3.8) is 0 Å². The topological polar surface area (TPSA) is 21.3 Å². The van der Waals surface area contributed by atoms with E-state index in [1.54, 1.807) is 0 Å². The Morgan fingerprint density at radius 2 is 2.05 bits per heavy atom. The van der Waals surface area contributed by atoms with Crippen LogP contribution in [0.3, 0.4) is 0 Å². The highest BCUT2D eigenvalue weighted by molar-refractivity contribution is 6.33. The van der Waals surface area contributed by atoms with Gasteiger partial charge in [0.2, 0.25) is 0 Å². The molecule has 0 spiro atoms. The summed E-state index contributed by atoms with van der Waals surface area (Å²) in [7, 11) is 0. The first kappa shape index (κ1) is 16.8. The molecule has 0 heterocycles. The molecule has 0 aliphatic carbocycles. The van der Waals surface area contributed by atoms with Crippen molar-refractivity contribution in [3.05, 3.63) is 33.8 Å². The van der Waals surface area contributed by atoms with E-state index >= 15 is 0 Å². The second-order valence-electron chi connectivity index (χ2n) is 4.51. The number of nitrogens with one attached hydrogen (secondary N) is 1. The van der Waals surface area contributed by atoms with E-state index in [1.807, 2.05) is 25.1 Å². The molecule has 0 fully saturated rings. The van der Waals surface area contributed by atoms with Gasteiger partial charge in [0, 0.05) is 29.3 Å². The van der Waals surface area contributed by atoms with Crippen molar-refractivity contribution in [2.75, 3.05) is 19.8 Å². The van der Waals surface area contributed by atoms with E-state index in [2.05, 4.69) is 12.2 Å². The fraction of sp³-hybridized carbons (Fsp3) is 0.600. The molecule has 2 nitrogen and oxygen atoms in total. The molecule has 4 heteroatoms. The zero-order valence-electron chi connectivity index (χ0n) is 11.7. The van der Waals surface area contributed by atoms with Gasteiger partial charge in [-0.2, -0.15) is 0 Å². The zero-order valence-corrected chi connectivity index (χ0v) is 13.2. The number of rotatable bonds is 9. The SMILES string of the molecule is CCCNC(CCCOCC)c1cc(Cl)ccc1Cl. The van der Waals surface area contributed by atoms with E-state index < -0.39 is 0 Å². The molecule has 1 atom stereocenters. The van der Waals surface area contributed by atoms with E-state index in [1.165, 1.54) is 0 Å². The van der Waals surface area contributed by atoms with Crippen LogP contribution < -0.4 is 5.32 Å². The largest absolute Gasteiger partial charge is 0.382 e. The smallest absolute Gasteiger partial charge is 0.0466 e. The second kappa shape index (κ2) is 9.60. The first-order valence-electron chi connectivity index (χ1n) is 6.95. The van der Waals surface area contributed by atoms with Crippen molar-refractivity contribution in [1.29, 1.82) is 0 Å². The second-order valence-corrected chi connectivity index (χ2v) is 5.36. The maximum Gasteiger partial charge on any atom is 0.0466 e. The van der Waals surface area contributed by atoms with Crippen molar-refractivity contribution in [2.45, 2.75) is 39.2 Å². The summed E-state index contributed by atoms with van der Waals surface area (Å²) >= 11 is 12.3. The van der Waals surface area contributed by atoms with Crippen LogP contribution in [0, 0.1) is 0 Å². The van der Waals surface area contributed by atoms with E-state index in [0.717, 1.165) is 54.6 Å². The molecule has 0 saturated carbocycles. The van der Waals surface area contributed by atoms with E-state index in [4.69, 9.17) is 27.9 Å². The van der Waals surface area contributed by atoms with Gasteiger partial charge in [-0.05, 0) is 56.5 Å². The number of ether oxygens (including phenoxy) is 1. The van der Waals surface area contributed by atoms with Gasteiger partial charge in [0.05, 0.1) is 0 Å². The minimum atomic E-state index is 0.242. The van der Waals surface area contributed by atoms with Crippen molar-refractivity contribution in [1.82, 2.24) is 5.32 Å². The Kier molecular flexibility index (Phi) is 8.47. The van der Waals surface area contributed by atoms with Gasteiger partial charge in [-0.15, -0.1) is 0 Å². The predicted octanol–water partition coefficient (Wildman–Crippen LogP) is 4.85. The molecule has 1 aromatic rings. The summed E-state index contributed by atoms with van der Waals surface area (Å²) in [5.74, 6) is 0. The number of hydrogen-bond donors (Lipinski definition) is 1. The van der Waals surface area contributed by atoms with Crippen molar-refractivity contribution in [3.8, 4) is 0 Å². The van der Waals surface area contributed by atoms with Crippen LogP contribution >= 0.6 is 23.2 Å². The molecule has 1 unspecified atom stereocenters. The van der Waals surface area contributed by atoms with Gasteiger partial charge in [-0.1, -0.05) is 30.1 Å². The average Bonchev–Trinajstić information content (AvgIpc) is 2.41. The summed E-state index contributed by atoms with van der Waals surface area (Å²) in [4.78, 5) is 0. The summed E-state index contributed by atoms with van der Waals surface area (Å²) in [6, 6.07) is 5.89. The third kappa shape index (κ3) is 6.13. The first-order valence-corrected chi connectivity index (χ1v) is 7.70. The molecule has 0 bridgehead atoms. The lowest BCUT2D eigenvalue weighted by Crippen LogP contribution is -2.23. The molecule has 0 saturated heterocycles. The van der Waals surface area contributed by atoms with Crippen LogP contribution in [-0.2, 0) is 4.74 Å². The van der Waals surface area contributed by atoms with Crippen molar-refractivity contribution >= 4 is 23.2 Å². The van der Waals surface area contributed by atoms with Crippen LogP contribution in [0.4, 0.5) is 0 Å². The summed E-state index contributed by atoms with van der Waals surface area (Å²) in [6.45, 7) is 6.70. The Morgan fingerprint density at radius 3 is 2.74 bits per heavy atom. The molecule has 0 amide bonds. The van der Waals surface area contributed by atoms with Crippen molar-refractivity contribution < 1.29 is 4.74 Å². The molecule has 1 aromatic carbocycles. The fourth-order valence-corrected chi connectivity index (χ4v) is 2.43. The molecule has 1 N–H and O–H groups in total. The van der Waals surface area contributed by atoms with Gasteiger partial charge < -0.3 is 10.1 Å². The lowest BCUT2D eigenvalue weighted by Gasteiger charge is -2.20. The van der Waals surface area contributed by atoms with Crippen LogP contribution in [0.15, 0.2) is 18.2 Å². The number of halogens is 2. The fourth-order valence-electron chi connectivity index (χ4n) is 2.00. The summed E-state index contributed by atoms with van der Waals surface area (Å²) in [5.41, 5.74) is 1.08. The Labute approximate surface area is 126 Å². The summed E-state index contributed by atoms with van der Waals surface area (Å²) < 4.78 is 5.39. The van der Waals surface area contributed by atoms with Gasteiger partial charge in [-0.3, -0.25) is 0 Å².